The van der Waals surface area contributed by atoms with E-state index >= 15 is 0 Å². The summed E-state index contributed by atoms with van der Waals surface area (Å²) in [7, 11) is 2.20. The number of carbonyl (C=O) groups excluding carboxylic acids is 1. The second kappa shape index (κ2) is 14.8. The van der Waals surface area contributed by atoms with E-state index in [0.29, 0.717) is 11.5 Å². The Balaban J connectivity index is 0.000000547. The number of halogens is 2. The summed E-state index contributed by atoms with van der Waals surface area (Å²) in [5.41, 5.74) is -0.0523. The zero-order valence-corrected chi connectivity index (χ0v) is 20.1. The number of fused-ring (bicyclic) bond motifs is 2. The number of carboxylic acid groups (broad SMARTS) is 1. The van der Waals surface area contributed by atoms with Gasteiger partial charge in [0.1, 0.15) is 23.1 Å². The summed E-state index contributed by atoms with van der Waals surface area (Å²) >= 11 is 0. The van der Waals surface area contributed by atoms with Crippen LogP contribution < -0.4 is 39.0 Å². The maximum atomic E-state index is 13.7. The number of aliphatic hydroxyl groups excluding tert-OH is 1. The van der Waals surface area contributed by atoms with Gasteiger partial charge in [0.2, 0.25) is 0 Å². The van der Waals surface area contributed by atoms with Crippen LogP contribution in [0.4, 0.5) is 8.78 Å². The Labute approximate surface area is 209 Å². The first kappa shape index (κ1) is 30.7. The van der Waals surface area contributed by atoms with E-state index in [1.165, 1.54) is 31.4 Å². The van der Waals surface area contributed by atoms with Gasteiger partial charge in [-0.05, 0) is 24.3 Å². The van der Waals surface area contributed by atoms with Gasteiger partial charge in [0.25, 0.3) is 0 Å². The molecule has 0 unspecified atom stereocenters. The average Bonchev–Trinajstić information content (AvgIpc) is 2.81. The molecule has 0 aromatic heterocycles. The van der Waals surface area contributed by atoms with Crippen molar-refractivity contribution in [2.75, 3.05) is 27.8 Å². The van der Waals surface area contributed by atoms with Crippen LogP contribution in [0.2, 0.25) is 0 Å². The van der Waals surface area contributed by atoms with E-state index < -0.39 is 23.6 Å². The monoisotopic (exact) mass is 482 g/mol. The topological polar surface area (TPSA) is 151 Å². The number of rotatable bonds is 2. The molecule has 0 bridgehead atoms. The van der Waals surface area contributed by atoms with Gasteiger partial charge in [0, 0.05) is 7.11 Å². The SMILES string of the molecule is CO.COC(=O)c1ccc2c(c1F)COCO2.O=C(O)c1ccc2c(c1F)COCO2.[Na+].[OH-]. The molecule has 0 fully saturated rings. The van der Waals surface area contributed by atoms with E-state index in [0.717, 1.165) is 7.11 Å². The molecule has 4 rings (SSSR count). The molecular formula is C20H21F2NaO10. The summed E-state index contributed by atoms with van der Waals surface area (Å²) < 4.78 is 51.5. The van der Waals surface area contributed by atoms with Gasteiger partial charge >= 0.3 is 41.5 Å². The summed E-state index contributed by atoms with van der Waals surface area (Å²) in [5.74, 6) is -2.67. The molecule has 0 atom stereocenters. The molecule has 10 nitrogen and oxygen atoms in total. The Hall–Kier alpha value is -2.32. The molecule has 0 spiro atoms. The van der Waals surface area contributed by atoms with Gasteiger partial charge in [-0.15, -0.1) is 0 Å². The van der Waals surface area contributed by atoms with Crippen LogP contribution in [0.25, 0.3) is 0 Å². The summed E-state index contributed by atoms with van der Waals surface area (Å²) in [6, 6.07) is 5.49. The molecule has 0 radical (unpaired) electrons. The van der Waals surface area contributed by atoms with Gasteiger partial charge in [-0.25, -0.2) is 18.4 Å². The first-order valence-corrected chi connectivity index (χ1v) is 8.74. The number of hydrogen-bond donors (Lipinski definition) is 2. The number of aliphatic hydroxyl groups is 1. The van der Waals surface area contributed by atoms with Gasteiger partial charge in [-0.1, -0.05) is 0 Å². The van der Waals surface area contributed by atoms with Crippen molar-refractivity contribution in [1.82, 2.24) is 0 Å². The van der Waals surface area contributed by atoms with Crippen LogP contribution in [-0.4, -0.2) is 55.4 Å². The molecular weight excluding hydrogens is 461 g/mol. The fourth-order valence-electron chi connectivity index (χ4n) is 2.68. The predicted molar refractivity (Wildman–Crippen MR) is 102 cm³/mol. The Morgan fingerprint density at radius 2 is 1.30 bits per heavy atom. The molecule has 3 N–H and O–H groups in total. The number of carbonyl (C=O) groups is 2. The Morgan fingerprint density at radius 3 is 1.73 bits per heavy atom. The quantitative estimate of drug-likeness (QED) is 0.416. The second-order valence-corrected chi connectivity index (χ2v) is 5.83. The zero-order chi connectivity index (χ0) is 23.0. The number of esters is 1. The summed E-state index contributed by atoms with van der Waals surface area (Å²) in [4.78, 5) is 21.8. The summed E-state index contributed by atoms with van der Waals surface area (Å²) in [5, 5.41) is 15.6. The third-order valence-corrected chi connectivity index (χ3v) is 4.12. The van der Waals surface area contributed by atoms with E-state index in [9.17, 15) is 18.4 Å². The van der Waals surface area contributed by atoms with Crippen molar-refractivity contribution < 1.29 is 87.3 Å². The van der Waals surface area contributed by atoms with Crippen molar-refractivity contribution in [3.05, 3.63) is 58.2 Å². The van der Waals surface area contributed by atoms with Gasteiger partial charge in [0.05, 0.1) is 42.6 Å². The first-order chi connectivity index (χ1) is 14.9. The molecule has 2 aromatic carbocycles. The van der Waals surface area contributed by atoms with Gasteiger partial charge < -0.3 is 39.4 Å². The Morgan fingerprint density at radius 1 is 0.879 bits per heavy atom. The normalized spacial score (nSPS) is 12.6. The van der Waals surface area contributed by atoms with Gasteiger partial charge in [0.15, 0.2) is 13.6 Å². The van der Waals surface area contributed by atoms with Crippen LogP contribution in [0.3, 0.4) is 0 Å². The molecule has 2 heterocycles. The molecule has 0 aliphatic carbocycles. The predicted octanol–water partition coefficient (Wildman–Crippen LogP) is -0.695. The molecule has 0 amide bonds. The van der Waals surface area contributed by atoms with Crippen molar-refractivity contribution >= 4 is 11.9 Å². The minimum Gasteiger partial charge on any atom is -0.870 e. The fraction of sp³-hybridized carbons (Fsp3) is 0.300. The third-order valence-electron chi connectivity index (χ3n) is 4.12. The van der Waals surface area contributed by atoms with Crippen molar-refractivity contribution in [2.45, 2.75) is 13.2 Å². The number of aromatic carboxylic acids is 1. The Kier molecular flexibility index (Phi) is 13.7. The fourth-order valence-corrected chi connectivity index (χ4v) is 2.68. The number of carboxylic acids is 1. The van der Waals surface area contributed by atoms with Crippen LogP contribution in [0.15, 0.2) is 24.3 Å². The first-order valence-electron chi connectivity index (χ1n) is 8.74. The zero-order valence-electron chi connectivity index (χ0n) is 18.1. The standard InChI is InChI=1S/C10H9FO4.C9H7FO4.CH4O.Na.H2O/c1-13-10(12)6-2-3-8-7(9(6)11)4-14-5-15-8;10-8-5(9(11)12)1-2-7-6(8)3-13-4-14-7;1-2;;/h2-3H,4-5H2,1H3;1-2H,3-4H2,(H,11,12);2H,1H3;;1H2/q;;;+1;/p-1. The number of hydrogen-bond acceptors (Lipinski definition) is 9. The summed E-state index contributed by atoms with van der Waals surface area (Å²) in [6.45, 7) is 0.317. The Bertz CT molecular complexity index is 955. The average molecular weight is 482 g/mol. The van der Waals surface area contributed by atoms with Crippen LogP contribution in [0.5, 0.6) is 11.5 Å². The molecule has 176 valence electrons. The van der Waals surface area contributed by atoms with E-state index in [-0.39, 0.29) is 84.1 Å². The molecule has 0 saturated carbocycles. The molecule has 33 heavy (non-hydrogen) atoms. The number of benzene rings is 2. The number of ether oxygens (including phenoxy) is 5. The maximum Gasteiger partial charge on any atom is 1.00 e. The molecule has 13 heteroatoms. The van der Waals surface area contributed by atoms with Crippen LogP contribution in [-0.2, 0) is 27.4 Å². The van der Waals surface area contributed by atoms with E-state index in [1.54, 1.807) is 0 Å². The van der Waals surface area contributed by atoms with E-state index in [1.807, 2.05) is 0 Å². The second-order valence-electron chi connectivity index (χ2n) is 5.83. The van der Waals surface area contributed by atoms with Crippen LogP contribution >= 0.6 is 0 Å². The largest absolute Gasteiger partial charge is 1.00 e. The summed E-state index contributed by atoms with van der Waals surface area (Å²) in [6.07, 6.45) is 0. The van der Waals surface area contributed by atoms with Crippen molar-refractivity contribution in [1.29, 1.82) is 0 Å². The molecule has 2 aromatic rings. The minimum atomic E-state index is -1.30. The number of methoxy groups -OCH3 is 1. The van der Waals surface area contributed by atoms with Crippen molar-refractivity contribution in [3.8, 4) is 11.5 Å². The van der Waals surface area contributed by atoms with Gasteiger partial charge in [-0.2, -0.15) is 0 Å². The van der Waals surface area contributed by atoms with E-state index in [2.05, 4.69) is 4.74 Å². The molecule has 2 aliphatic heterocycles. The smallest absolute Gasteiger partial charge is 0.870 e. The van der Waals surface area contributed by atoms with Crippen LogP contribution in [0, 0.1) is 11.6 Å². The molecule has 0 saturated heterocycles. The minimum absolute atomic E-state index is 0. The maximum absolute atomic E-state index is 13.7. The van der Waals surface area contributed by atoms with E-state index in [4.69, 9.17) is 29.2 Å². The van der Waals surface area contributed by atoms with Gasteiger partial charge in [-0.3, -0.25) is 0 Å². The third kappa shape index (κ3) is 7.33. The van der Waals surface area contributed by atoms with Crippen molar-refractivity contribution in [3.63, 3.8) is 0 Å². The van der Waals surface area contributed by atoms with Crippen LogP contribution in [0.1, 0.15) is 31.8 Å². The van der Waals surface area contributed by atoms with Crippen molar-refractivity contribution in [2.24, 2.45) is 0 Å². The molecule has 2 aliphatic rings.